The number of carbonyl (C=O) groups excluding carboxylic acids is 3. The zero-order valence-electron chi connectivity index (χ0n) is 14.2. The van der Waals surface area contributed by atoms with E-state index >= 15 is 0 Å². The predicted octanol–water partition coefficient (Wildman–Crippen LogP) is 2.68. The lowest BCUT2D eigenvalue weighted by atomic mass is 10.1. The molecule has 0 spiro atoms. The Hall–Kier alpha value is -3.32. The Morgan fingerprint density at radius 2 is 1.67 bits per heavy atom. The van der Waals surface area contributed by atoms with Crippen molar-refractivity contribution in [2.24, 2.45) is 0 Å². The third-order valence-electron chi connectivity index (χ3n) is 3.77. The summed E-state index contributed by atoms with van der Waals surface area (Å²) >= 11 is 5.88. The van der Waals surface area contributed by atoms with E-state index in [-0.39, 0.29) is 12.2 Å². The van der Waals surface area contributed by atoms with E-state index in [1.807, 2.05) is 22.8 Å². The van der Waals surface area contributed by atoms with Crippen LogP contribution in [0.4, 0.5) is 4.79 Å². The molecule has 0 atom stereocenters. The first kappa shape index (κ1) is 18.5. The van der Waals surface area contributed by atoms with Crippen LogP contribution in [-0.4, -0.2) is 25.0 Å². The van der Waals surface area contributed by atoms with Crippen molar-refractivity contribution in [3.05, 3.63) is 64.2 Å². The van der Waals surface area contributed by atoms with Crippen molar-refractivity contribution in [2.45, 2.75) is 6.61 Å². The van der Waals surface area contributed by atoms with Crippen LogP contribution in [0.25, 0.3) is 6.08 Å². The van der Waals surface area contributed by atoms with Gasteiger partial charge in [0.05, 0.1) is 7.11 Å². The number of imide groups is 2. The highest BCUT2D eigenvalue weighted by atomic mass is 35.5. The lowest BCUT2D eigenvalue weighted by Crippen LogP contribution is -2.51. The number of hydrogen-bond donors (Lipinski definition) is 2. The third-order valence-corrected chi connectivity index (χ3v) is 4.02. The highest BCUT2D eigenvalue weighted by Gasteiger charge is 2.28. The predicted molar refractivity (Wildman–Crippen MR) is 98.4 cm³/mol. The second-order valence-corrected chi connectivity index (χ2v) is 6.03. The molecule has 7 nitrogen and oxygen atoms in total. The van der Waals surface area contributed by atoms with Crippen molar-refractivity contribution in [2.75, 3.05) is 7.11 Å². The minimum absolute atomic E-state index is 0.209. The number of amides is 4. The van der Waals surface area contributed by atoms with Gasteiger partial charge in [-0.3, -0.25) is 20.2 Å². The molecule has 1 heterocycles. The number of halogens is 1. The number of benzene rings is 2. The molecule has 2 aromatic carbocycles. The van der Waals surface area contributed by atoms with E-state index in [0.717, 1.165) is 5.56 Å². The van der Waals surface area contributed by atoms with Gasteiger partial charge < -0.3 is 9.47 Å². The summed E-state index contributed by atoms with van der Waals surface area (Å²) in [5, 5.41) is 4.67. The lowest BCUT2D eigenvalue weighted by Gasteiger charge is -2.16. The van der Waals surface area contributed by atoms with Crippen molar-refractivity contribution in [3.8, 4) is 11.5 Å². The van der Waals surface area contributed by atoms with Gasteiger partial charge in [-0.05, 0) is 29.8 Å². The summed E-state index contributed by atoms with van der Waals surface area (Å²) in [6, 6.07) is 11.4. The van der Waals surface area contributed by atoms with Gasteiger partial charge in [0.1, 0.15) is 12.2 Å². The first-order valence-electron chi connectivity index (χ1n) is 7.90. The van der Waals surface area contributed by atoms with Gasteiger partial charge in [-0.15, -0.1) is 0 Å². The highest BCUT2D eigenvalue weighted by molar-refractivity contribution is 6.31. The number of carbonyl (C=O) groups is 3. The standard InChI is InChI=1S/C19H15ClN2O5/c1-26-15-4-2-3-12(9-14-17(23)21-19(25)22-18(14)24)16(15)27-10-11-5-7-13(20)8-6-11/h2-9H,10H2,1H3,(H2,21,22,23,24,25). The van der Waals surface area contributed by atoms with Crippen molar-refractivity contribution in [3.63, 3.8) is 0 Å². The monoisotopic (exact) mass is 386 g/mol. The third kappa shape index (κ3) is 4.27. The second kappa shape index (κ2) is 7.92. The lowest BCUT2D eigenvalue weighted by molar-refractivity contribution is -0.123. The zero-order chi connectivity index (χ0) is 19.4. The van der Waals surface area contributed by atoms with Gasteiger partial charge in [0.15, 0.2) is 11.5 Å². The summed E-state index contributed by atoms with van der Waals surface area (Å²) in [7, 11) is 1.49. The fourth-order valence-corrected chi connectivity index (χ4v) is 2.59. The van der Waals surface area contributed by atoms with Crippen molar-refractivity contribution >= 4 is 35.5 Å². The number of methoxy groups -OCH3 is 1. The molecule has 0 radical (unpaired) electrons. The molecule has 3 rings (SSSR count). The van der Waals surface area contributed by atoms with E-state index in [1.54, 1.807) is 30.3 Å². The largest absolute Gasteiger partial charge is 0.493 e. The van der Waals surface area contributed by atoms with Crippen LogP contribution in [0.1, 0.15) is 11.1 Å². The first-order chi connectivity index (χ1) is 13.0. The Labute approximate surface area is 159 Å². The van der Waals surface area contributed by atoms with Gasteiger partial charge in [-0.1, -0.05) is 35.9 Å². The Bertz CT molecular complexity index is 916. The summed E-state index contributed by atoms with van der Waals surface area (Å²) in [5.41, 5.74) is 1.12. The van der Waals surface area contributed by atoms with E-state index in [0.29, 0.717) is 22.1 Å². The first-order valence-corrected chi connectivity index (χ1v) is 8.28. The molecule has 1 aliphatic rings. The average molecular weight is 387 g/mol. The number of hydrogen-bond acceptors (Lipinski definition) is 5. The van der Waals surface area contributed by atoms with Crippen LogP contribution in [0, 0.1) is 0 Å². The summed E-state index contributed by atoms with van der Waals surface area (Å²) in [5.74, 6) is -0.767. The van der Waals surface area contributed by atoms with E-state index in [1.165, 1.54) is 13.2 Å². The maximum Gasteiger partial charge on any atom is 0.328 e. The van der Waals surface area contributed by atoms with Crippen molar-refractivity contribution in [1.82, 2.24) is 10.6 Å². The van der Waals surface area contributed by atoms with E-state index in [2.05, 4.69) is 0 Å². The van der Waals surface area contributed by atoms with Crippen LogP contribution in [0.15, 0.2) is 48.0 Å². The molecule has 27 heavy (non-hydrogen) atoms. The maximum absolute atomic E-state index is 12.0. The van der Waals surface area contributed by atoms with E-state index in [4.69, 9.17) is 21.1 Å². The maximum atomic E-state index is 12.0. The highest BCUT2D eigenvalue weighted by Crippen LogP contribution is 2.33. The Balaban J connectivity index is 1.92. The molecule has 2 N–H and O–H groups in total. The van der Waals surface area contributed by atoms with Gasteiger partial charge in [0, 0.05) is 10.6 Å². The minimum Gasteiger partial charge on any atom is -0.493 e. The molecule has 0 aromatic heterocycles. The van der Waals surface area contributed by atoms with E-state index < -0.39 is 17.8 Å². The molecule has 0 aliphatic carbocycles. The Morgan fingerprint density at radius 1 is 1.00 bits per heavy atom. The quantitative estimate of drug-likeness (QED) is 0.608. The zero-order valence-corrected chi connectivity index (χ0v) is 15.0. The van der Waals surface area contributed by atoms with Gasteiger partial charge in [-0.2, -0.15) is 0 Å². The Morgan fingerprint density at radius 3 is 2.30 bits per heavy atom. The van der Waals surface area contributed by atoms with E-state index in [9.17, 15) is 14.4 Å². The molecule has 138 valence electrons. The van der Waals surface area contributed by atoms with Crippen LogP contribution in [0.2, 0.25) is 5.02 Å². The average Bonchev–Trinajstić information content (AvgIpc) is 2.64. The summed E-state index contributed by atoms with van der Waals surface area (Å²) < 4.78 is 11.2. The van der Waals surface area contributed by atoms with Crippen LogP contribution in [0.3, 0.4) is 0 Å². The van der Waals surface area contributed by atoms with Gasteiger partial charge in [0.2, 0.25) is 0 Å². The van der Waals surface area contributed by atoms with Gasteiger partial charge in [-0.25, -0.2) is 4.79 Å². The molecule has 0 unspecified atom stereocenters. The molecule has 8 heteroatoms. The number of barbiturate groups is 1. The topological polar surface area (TPSA) is 93.7 Å². The van der Waals surface area contributed by atoms with Crippen LogP contribution >= 0.6 is 11.6 Å². The number of ether oxygens (including phenoxy) is 2. The summed E-state index contributed by atoms with van der Waals surface area (Å²) in [6.07, 6.45) is 1.34. The molecule has 4 amide bonds. The molecule has 1 fully saturated rings. The molecule has 1 saturated heterocycles. The number of para-hydroxylation sites is 1. The SMILES string of the molecule is COc1cccc(C=C2C(=O)NC(=O)NC2=O)c1OCc1ccc(Cl)cc1. The second-order valence-electron chi connectivity index (χ2n) is 5.59. The van der Waals surface area contributed by atoms with Crippen molar-refractivity contribution in [1.29, 1.82) is 0 Å². The van der Waals surface area contributed by atoms with Crippen LogP contribution < -0.4 is 20.1 Å². The number of nitrogens with one attached hydrogen (secondary N) is 2. The Kier molecular flexibility index (Phi) is 5.42. The molecule has 1 aliphatic heterocycles. The smallest absolute Gasteiger partial charge is 0.328 e. The fraction of sp³-hybridized carbons (Fsp3) is 0.105. The fourth-order valence-electron chi connectivity index (χ4n) is 2.46. The van der Waals surface area contributed by atoms with Crippen LogP contribution in [0.5, 0.6) is 11.5 Å². The normalized spacial score (nSPS) is 13.7. The summed E-state index contributed by atoms with van der Waals surface area (Å²) in [6.45, 7) is 0.227. The number of urea groups is 1. The molecule has 2 aromatic rings. The van der Waals surface area contributed by atoms with Crippen molar-refractivity contribution < 1.29 is 23.9 Å². The molecular weight excluding hydrogens is 372 g/mol. The van der Waals surface area contributed by atoms with Gasteiger partial charge in [0.25, 0.3) is 11.8 Å². The molecular formula is C19H15ClN2O5. The minimum atomic E-state index is -0.855. The summed E-state index contributed by atoms with van der Waals surface area (Å²) in [4.78, 5) is 35.1. The molecule has 0 saturated carbocycles. The number of rotatable bonds is 5. The molecule has 0 bridgehead atoms. The van der Waals surface area contributed by atoms with Crippen LogP contribution in [-0.2, 0) is 16.2 Å². The van der Waals surface area contributed by atoms with Gasteiger partial charge >= 0.3 is 6.03 Å².